The minimum absolute atomic E-state index is 0.627. The summed E-state index contributed by atoms with van der Waals surface area (Å²) in [4.78, 5) is 7.88. The van der Waals surface area contributed by atoms with Crippen molar-refractivity contribution in [2.75, 3.05) is 6.54 Å². The molecule has 0 spiro atoms. The minimum atomic E-state index is 0.627. The first-order valence-corrected chi connectivity index (χ1v) is 6.28. The van der Waals surface area contributed by atoms with Crippen LogP contribution in [0, 0.1) is 0 Å². The monoisotopic (exact) mass is 223 g/mol. The zero-order valence-corrected chi connectivity index (χ0v) is 9.83. The molecule has 1 saturated carbocycles. The Bertz CT molecular complexity index is 328. The van der Waals surface area contributed by atoms with Crippen molar-refractivity contribution in [2.24, 2.45) is 10.7 Å². The van der Waals surface area contributed by atoms with Gasteiger partial charge >= 0.3 is 0 Å². The van der Waals surface area contributed by atoms with E-state index in [0.29, 0.717) is 12.0 Å². The van der Waals surface area contributed by atoms with E-state index in [-0.39, 0.29) is 0 Å². The smallest absolute Gasteiger partial charge is 0.191 e. The van der Waals surface area contributed by atoms with Crippen LogP contribution in [-0.4, -0.2) is 23.4 Å². The number of hydrogen-bond donors (Lipinski definition) is 1. The van der Waals surface area contributed by atoms with E-state index in [1.165, 1.54) is 17.7 Å². The van der Waals surface area contributed by atoms with E-state index in [4.69, 9.17) is 5.73 Å². The van der Waals surface area contributed by atoms with Crippen LogP contribution in [0.1, 0.15) is 24.6 Å². The molecule has 2 N–H and O–H groups in total. The van der Waals surface area contributed by atoms with Crippen molar-refractivity contribution >= 4 is 17.3 Å². The Labute approximate surface area is 94.6 Å². The molecule has 1 aromatic heterocycles. The maximum atomic E-state index is 5.97. The van der Waals surface area contributed by atoms with Crippen LogP contribution in [0.25, 0.3) is 0 Å². The average Bonchev–Trinajstić information content (AvgIpc) is 2.93. The Balaban J connectivity index is 2.03. The van der Waals surface area contributed by atoms with Crippen LogP contribution in [0.15, 0.2) is 22.5 Å². The quantitative estimate of drug-likeness (QED) is 0.627. The van der Waals surface area contributed by atoms with Gasteiger partial charge in [-0.2, -0.15) is 0 Å². The zero-order chi connectivity index (χ0) is 10.7. The lowest BCUT2D eigenvalue weighted by Crippen LogP contribution is -2.38. The van der Waals surface area contributed by atoms with Crippen molar-refractivity contribution in [3.8, 4) is 0 Å². The molecule has 0 unspecified atom stereocenters. The molecule has 0 aromatic carbocycles. The van der Waals surface area contributed by atoms with Crippen LogP contribution >= 0.6 is 11.3 Å². The van der Waals surface area contributed by atoms with E-state index in [9.17, 15) is 0 Å². The molecule has 1 aromatic rings. The molecule has 0 bridgehead atoms. The second kappa shape index (κ2) is 4.66. The molecule has 1 aliphatic rings. The highest BCUT2D eigenvalue weighted by Gasteiger charge is 2.30. The molecule has 4 heteroatoms. The molecule has 3 nitrogen and oxygen atoms in total. The molecule has 0 aliphatic heterocycles. The van der Waals surface area contributed by atoms with Gasteiger partial charge in [0.25, 0.3) is 0 Å². The van der Waals surface area contributed by atoms with Crippen LogP contribution in [-0.2, 0) is 6.54 Å². The molecule has 82 valence electrons. The Morgan fingerprint density at radius 1 is 1.67 bits per heavy atom. The SMILES string of the molecule is CCN=C(N)N(Cc1cccs1)C1CC1. The van der Waals surface area contributed by atoms with E-state index >= 15 is 0 Å². The molecule has 0 radical (unpaired) electrons. The van der Waals surface area contributed by atoms with Gasteiger partial charge in [0.15, 0.2) is 5.96 Å². The Morgan fingerprint density at radius 2 is 2.47 bits per heavy atom. The normalized spacial score (nSPS) is 16.7. The predicted octanol–water partition coefficient (Wildman–Crippen LogP) is 2.05. The molecule has 0 amide bonds. The van der Waals surface area contributed by atoms with Crippen molar-refractivity contribution in [3.05, 3.63) is 22.4 Å². The molecule has 0 atom stereocenters. The minimum Gasteiger partial charge on any atom is -0.370 e. The van der Waals surface area contributed by atoms with Gasteiger partial charge in [-0.15, -0.1) is 11.3 Å². The van der Waals surface area contributed by atoms with E-state index in [1.54, 1.807) is 11.3 Å². The highest BCUT2D eigenvalue weighted by atomic mass is 32.1. The molecular weight excluding hydrogens is 206 g/mol. The van der Waals surface area contributed by atoms with Gasteiger partial charge in [-0.05, 0) is 31.2 Å². The Morgan fingerprint density at radius 3 is 3.00 bits per heavy atom. The number of thiophene rings is 1. The van der Waals surface area contributed by atoms with Gasteiger partial charge in [-0.3, -0.25) is 4.99 Å². The van der Waals surface area contributed by atoms with E-state index in [1.807, 2.05) is 6.92 Å². The third-order valence-electron chi connectivity index (χ3n) is 2.51. The first kappa shape index (κ1) is 10.5. The summed E-state index contributed by atoms with van der Waals surface area (Å²) < 4.78 is 0. The van der Waals surface area contributed by atoms with Crippen molar-refractivity contribution in [2.45, 2.75) is 32.4 Å². The number of guanidine groups is 1. The summed E-state index contributed by atoms with van der Waals surface area (Å²) >= 11 is 1.78. The van der Waals surface area contributed by atoms with Gasteiger partial charge in [-0.1, -0.05) is 6.07 Å². The van der Waals surface area contributed by atoms with Gasteiger partial charge in [0.05, 0.1) is 6.54 Å². The largest absolute Gasteiger partial charge is 0.370 e. The number of aliphatic imine (C=N–C) groups is 1. The summed E-state index contributed by atoms with van der Waals surface area (Å²) in [6.07, 6.45) is 2.51. The van der Waals surface area contributed by atoms with Crippen molar-refractivity contribution in [3.63, 3.8) is 0 Å². The molecule has 1 aliphatic carbocycles. The van der Waals surface area contributed by atoms with Gasteiger partial charge in [0.2, 0.25) is 0 Å². The van der Waals surface area contributed by atoms with E-state index in [0.717, 1.165) is 13.1 Å². The van der Waals surface area contributed by atoms with Crippen LogP contribution in [0.4, 0.5) is 0 Å². The van der Waals surface area contributed by atoms with Gasteiger partial charge in [0.1, 0.15) is 0 Å². The summed E-state index contributed by atoms with van der Waals surface area (Å²) in [6, 6.07) is 4.86. The number of rotatable bonds is 4. The predicted molar refractivity (Wildman–Crippen MR) is 65.0 cm³/mol. The van der Waals surface area contributed by atoms with Crippen LogP contribution in [0.5, 0.6) is 0 Å². The number of nitrogens with two attached hydrogens (primary N) is 1. The van der Waals surface area contributed by atoms with Gasteiger partial charge < -0.3 is 10.6 Å². The fraction of sp³-hybridized carbons (Fsp3) is 0.545. The first-order valence-electron chi connectivity index (χ1n) is 5.40. The second-order valence-corrected chi connectivity index (χ2v) is 4.80. The van der Waals surface area contributed by atoms with Gasteiger partial charge in [-0.25, -0.2) is 0 Å². The second-order valence-electron chi connectivity index (χ2n) is 3.77. The molecule has 15 heavy (non-hydrogen) atoms. The topological polar surface area (TPSA) is 41.6 Å². The molecular formula is C11H17N3S. The van der Waals surface area contributed by atoms with Crippen LogP contribution < -0.4 is 5.73 Å². The lowest BCUT2D eigenvalue weighted by molar-refractivity contribution is 0.400. The first-order chi connectivity index (χ1) is 7.31. The summed E-state index contributed by atoms with van der Waals surface area (Å²) in [6.45, 7) is 3.69. The number of hydrogen-bond acceptors (Lipinski definition) is 2. The highest BCUT2D eigenvalue weighted by molar-refractivity contribution is 7.09. The summed E-state index contributed by atoms with van der Waals surface area (Å²) in [5.74, 6) is 0.702. The Hall–Kier alpha value is -1.03. The number of nitrogens with zero attached hydrogens (tertiary/aromatic N) is 2. The standard InChI is InChI=1S/C11H17N3S/c1-2-13-11(12)14(9-5-6-9)8-10-4-3-7-15-10/h3-4,7,9H,2,5-6,8H2,1H3,(H2,12,13). The summed E-state index contributed by atoms with van der Waals surface area (Å²) in [5, 5.41) is 2.10. The highest BCUT2D eigenvalue weighted by Crippen LogP contribution is 2.28. The lowest BCUT2D eigenvalue weighted by atomic mass is 10.4. The molecule has 1 heterocycles. The van der Waals surface area contributed by atoms with E-state index < -0.39 is 0 Å². The zero-order valence-electron chi connectivity index (χ0n) is 9.02. The van der Waals surface area contributed by atoms with Crippen molar-refractivity contribution in [1.82, 2.24) is 4.90 Å². The van der Waals surface area contributed by atoms with Crippen molar-refractivity contribution in [1.29, 1.82) is 0 Å². The summed E-state index contributed by atoms with van der Waals surface area (Å²) in [7, 11) is 0. The van der Waals surface area contributed by atoms with Crippen LogP contribution in [0.3, 0.4) is 0 Å². The average molecular weight is 223 g/mol. The van der Waals surface area contributed by atoms with Crippen LogP contribution in [0.2, 0.25) is 0 Å². The maximum absolute atomic E-state index is 5.97. The summed E-state index contributed by atoms with van der Waals surface area (Å²) in [5.41, 5.74) is 5.97. The van der Waals surface area contributed by atoms with Crippen molar-refractivity contribution < 1.29 is 0 Å². The fourth-order valence-corrected chi connectivity index (χ4v) is 2.31. The van der Waals surface area contributed by atoms with E-state index in [2.05, 4.69) is 27.4 Å². The third kappa shape index (κ3) is 2.72. The third-order valence-corrected chi connectivity index (χ3v) is 3.37. The lowest BCUT2D eigenvalue weighted by Gasteiger charge is -2.22. The fourth-order valence-electron chi connectivity index (χ4n) is 1.61. The van der Waals surface area contributed by atoms with Gasteiger partial charge in [0, 0.05) is 17.5 Å². The Kier molecular flexibility index (Phi) is 3.26. The maximum Gasteiger partial charge on any atom is 0.191 e. The molecule has 1 fully saturated rings. The molecule has 2 rings (SSSR count). The molecule has 0 saturated heterocycles.